The molecule has 0 unspecified atom stereocenters. The third-order valence-corrected chi connectivity index (χ3v) is 8.37. The molecule has 0 fully saturated rings. The van der Waals surface area contributed by atoms with Crippen LogP contribution in [0, 0.1) is 0 Å². The lowest BCUT2D eigenvalue weighted by Gasteiger charge is -2.25. The fraction of sp³-hybridized carbons (Fsp3) is 0.192. The van der Waals surface area contributed by atoms with Gasteiger partial charge in [0.05, 0.1) is 23.9 Å². The Hall–Kier alpha value is -3.69. The molecule has 2 amide bonds. The van der Waals surface area contributed by atoms with Crippen LogP contribution < -0.4 is 10.1 Å². The van der Waals surface area contributed by atoms with Crippen LogP contribution in [-0.2, 0) is 17.8 Å². The number of amides is 2. The van der Waals surface area contributed by atoms with Crippen molar-refractivity contribution in [3.05, 3.63) is 64.7 Å². The second kappa shape index (κ2) is 8.51. The van der Waals surface area contributed by atoms with Gasteiger partial charge in [-0.3, -0.25) is 9.59 Å². The number of ether oxygens (including phenoxy) is 1. The van der Waals surface area contributed by atoms with Gasteiger partial charge in [-0.1, -0.05) is 24.3 Å². The number of hydrogen-bond donors (Lipinski definition) is 1. The lowest BCUT2D eigenvalue weighted by Crippen LogP contribution is -2.33. The molecule has 1 aliphatic heterocycles. The Kier molecular flexibility index (Phi) is 5.31. The monoisotopic (exact) mass is 503 g/mol. The standard InChI is InChI=1S/C26H21N3O4S2/c1-14(30)29-11-10-16-21(13-29)35-26(22(16)25-27-17-7-3-4-9-20(17)34-25)28-24(31)19-12-15-6-5-8-18(32-2)23(15)33-19/h3-9,12H,10-11,13H2,1-2H3,(H,28,31). The zero-order valence-corrected chi connectivity index (χ0v) is 20.7. The van der Waals surface area contributed by atoms with Crippen molar-refractivity contribution in [1.82, 2.24) is 9.88 Å². The van der Waals surface area contributed by atoms with E-state index in [1.165, 1.54) is 11.3 Å². The number of hydrogen-bond acceptors (Lipinski definition) is 7. The van der Waals surface area contributed by atoms with Crippen molar-refractivity contribution in [2.24, 2.45) is 0 Å². The van der Waals surface area contributed by atoms with E-state index in [0.29, 0.717) is 30.8 Å². The van der Waals surface area contributed by atoms with Gasteiger partial charge in [-0.05, 0) is 36.2 Å². The largest absolute Gasteiger partial charge is 0.493 e. The van der Waals surface area contributed by atoms with Crippen LogP contribution in [0.4, 0.5) is 5.00 Å². The highest BCUT2D eigenvalue weighted by Crippen LogP contribution is 2.46. The van der Waals surface area contributed by atoms with E-state index in [-0.39, 0.29) is 17.6 Å². The highest BCUT2D eigenvalue weighted by Gasteiger charge is 2.29. The quantitative estimate of drug-likeness (QED) is 0.328. The maximum Gasteiger partial charge on any atom is 0.292 e. The zero-order valence-electron chi connectivity index (χ0n) is 19.1. The van der Waals surface area contributed by atoms with E-state index in [9.17, 15) is 9.59 Å². The molecule has 1 N–H and O–H groups in total. The summed E-state index contributed by atoms with van der Waals surface area (Å²) in [5.41, 5.74) is 3.55. The molecule has 0 spiro atoms. The summed E-state index contributed by atoms with van der Waals surface area (Å²) >= 11 is 3.10. The average Bonchev–Trinajstić information content (AvgIpc) is 3.57. The minimum Gasteiger partial charge on any atom is -0.493 e. The van der Waals surface area contributed by atoms with Crippen molar-refractivity contribution in [2.75, 3.05) is 19.0 Å². The average molecular weight is 504 g/mol. The third-order valence-electron chi connectivity index (χ3n) is 6.19. The lowest BCUT2D eigenvalue weighted by atomic mass is 10.0. The number of carbonyl (C=O) groups excluding carboxylic acids is 2. The fourth-order valence-electron chi connectivity index (χ4n) is 4.44. The topological polar surface area (TPSA) is 84.7 Å². The van der Waals surface area contributed by atoms with E-state index >= 15 is 0 Å². The number of anilines is 1. The molecule has 7 nitrogen and oxygen atoms in total. The summed E-state index contributed by atoms with van der Waals surface area (Å²) in [6, 6.07) is 15.3. The van der Waals surface area contributed by atoms with Gasteiger partial charge in [0.2, 0.25) is 5.91 Å². The molecule has 5 aromatic rings. The fourth-order valence-corrected chi connectivity index (χ4v) is 6.81. The van der Waals surface area contributed by atoms with Gasteiger partial charge in [0.25, 0.3) is 5.91 Å². The van der Waals surface area contributed by atoms with Crippen LogP contribution in [0.3, 0.4) is 0 Å². The minimum absolute atomic E-state index is 0.0485. The number of nitrogens with one attached hydrogen (secondary N) is 1. The predicted molar refractivity (Wildman–Crippen MR) is 138 cm³/mol. The zero-order chi connectivity index (χ0) is 24.1. The van der Waals surface area contributed by atoms with E-state index in [0.717, 1.165) is 41.6 Å². The first-order valence-electron chi connectivity index (χ1n) is 11.2. The van der Waals surface area contributed by atoms with Crippen molar-refractivity contribution in [3.63, 3.8) is 0 Å². The number of thiazole rings is 1. The molecular formula is C26H21N3O4S2. The van der Waals surface area contributed by atoms with Crippen LogP contribution in [0.2, 0.25) is 0 Å². The van der Waals surface area contributed by atoms with Gasteiger partial charge in [0, 0.05) is 29.3 Å². The first-order chi connectivity index (χ1) is 17.0. The van der Waals surface area contributed by atoms with Gasteiger partial charge in [0.15, 0.2) is 17.1 Å². The summed E-state index contributed by atoms with van der Waals surface area (Å²) < 4.78 is 12.3. The van der Waals surface area contributed by atoms with Gasteiger partial charge in [-0.25, -0.2) is 4.98 Å². The van der Waals surface area contributed by atoms with E-state index in [1.54, 1.807) is 37.5 Å². The van der Waals surface area contributed by atoms with Gasteiger partial charge < -0.3 is 19.4 Å². The molecule has 0 saturated carbocycles. The van der Waals surface area contributed by atoms with Crippen LogP contribution in [0.5, 0.6) is 5.75 Å². The third kappa shape index (κ3) is 3.77. The number of nitrogens with zero attached hydrogens (tertiary/aromatic N) is 2. The molecule has 176 valence electrons. The van der Waals surface area contributed by atoms with E-state index in [2.05, 4.69) is 5.32 Å². The first kappa shape index (κ1) is 21.8. The van der Waals surface area contributed by atoms with Crippen LogP contribution in [0.25, 0.3) is 31.8 Å². The molecule has 0 aliphatic carbocycles. The number of furan rings is 1. The highest BCUT2D eigenvalue weighted by atomic mass is 32.1. The second-order valence-electron chi connectivity index (χ2n) is 8.33. The summed E-state index contributed by atoms with van der Waals surface area (Å²) in [6.07, 6.45) is 0.717. The number of aromatic nitrogens is 1. The minimum atomic E-state index is -0.340. The Balaban J connectivity index is 1.42. The van der Waals surface area contributed by atoms with Crippen molar-refractivity contribution in [1.29, 1.82) is 0 Å². The lowest BCUT2D eigenvalue weighted by molar-refractivity contribution is -0.129. The van der Waals surface area contributed by atoms with Gasteiger partial charge >= 0.3 is 0 Å². The number of fused-ring (bicyclic) bond motifs is 3. The molecule has 4 heterocycles. The van der Waals surface area contributed by atoms with Crippen LogP contribution >= 0.6 is 22.7 Å². The molecule has 35 heavy (non-hydrogen) atoms. The second-order valence-corrected chi connectivity index (χ2v) is 10.5. The van der Waals surface area contributed by atoms with Crippen LogP contribution in [0.15, 0.2) is 52.9 Å². The smallest absolute Gasteiger partial charge is 0.292 e. The summed E-state index contributed by atoms with van der Waals surface area (Å²) in [5, 5.41) is 5.45. The number of benzene rings is 2. The van der Waals surface area contributed by atoms with E-state index < -0.39 is 0 Å². The molecule has 1 aliphatic rings. The number of carbonyl (C=O) groups is 2. The summed E-state index contributed by atoms with van der Waals surface area (Å²) in [6.45, 7) is 2.77. The SMILES string of the molecule is COc1cccc2cc(C(=O)Nc3sc4c(c3-c3nc5ccccc5s3)CCN(C(C)=O)C4)oc12. The predicted octanol–water partition coefficient (Wildman–Crippen LogP) is 5.94. The number of methoxy groups -OCH3 is 1. The van der Waals surface area contributed by atoms with Crippen LogP contribution in [-0.4, -0.2) is 35.4 Å². The van der Waals surface area contributed by atoms with Crippen LogP contribution in [0.1, 0.15) is 27.9 Å². The molecule has 0 saturated heterocycles. The van der Waals surface area contributed by atoms with Crippen molar-refractivity contribution >= 4 is 60.7 Å². The normalized spacial score (nSPS) is 13.3. The van der Waals surface area contributed by atoms with E-state index in [1.807, 2.05) is 41.3 Å². The van der Waals surface area contributed by atoms with Crippen molar-refractivity contribution < 1.29 is 18.7 Å². The molecule has 0 bridgehead atoms. The summed E-state index contributed by atoms with van der Waals surface area (Å²) in [4.78, 5) is 33.1. The Labute approximate surface area is 208 Å². The number of para-hydroxylation sites is 2. The van der Waals surface area contributed by atoms with E-state index in [4.69, 9.17) is 14.1 Å². The molecule has 9 heteroatoms. The van der Waals surface area contributed by atoms with Gasteiger partial charge in [-0.2, -0.15) is 0 Å². The van der Waals surface area contributed by atoms with Crippen molar-refractivity contribution in [3.8, 4) is 16.3 Å². The maximum atomic E-state index is 13.3. The molecule has 3 aromatic heterocycles. The molecule has 0 radical (unpaired) electrons. The Bertz CT molecular complexity index is 1580. The van der Waals surface area contributed by atoms with Gasteiger partial charge in [0.1, 0.15) is 10.0 Å². The number of thiophene rings is 1. The van der Waals surface area contributed by atoms with Crippen molar-refractivity contribution in [2.45, 2.75) is 19.9 Å². The summed E-state index contributed by atoms with van der Waals surface area (Å²) in [5.74, 6) is 0.490. The Morgan fingerprint density at radius 2 is 2.00 bits per heavy atom. The Morgan fingerprint density at radius 1 is 1.14 bits per heavy atom. The molecule has 6 rings (SSSR count). The molecule has 0 atom stereocenters. The molecule has 2 aromatic carbocycles. The summed E-state index contributed by atoms with van der Waals surface area (Å²) in [7, 11) is 1.57. The Morgan fingerprint density at radius 3 is 2.80 bits per heavy atom. The maximum absolute atomic E-state index is 13.3. The highest BCUT2D eigenvalue weighted by molar-refractivity contribution is 7.23. The first-order valence-corrected chi connectivity index (χ1v) is 12.8. The van der Waals surface area contributed by atoms with Gasteiger partial charge in [-0.15, -0.1) is 22.7 Å². The number of rotatable bonds is 4. The molecular weight excluding hydrogens is 482 g/mol.